The number of H-pyrrole nitrogens is 2. The summed E-state index contributed by atoms with van der Waals surface area (Å²) in [5, 5.41) is 24.1. The molecule has 0 aliphatic rings. The largest absolute Gasteiger partial charge is 0.295 e. The second-order valence-electron chi connectivity index (χ2n) is 5.15. The van der Waals surface area contributed by atoms with E-state index in [9.17, 15) is 14.9 Å². The average molecular weight is 323 g/mol. The lowest BCUT2D eigenvalue weighted by molar-refractivity contribution is -0.384. The molecule has 3 aromatic rings. The SMILES string of the molecule is Cc1cccc(N=Nc2c(-c3cccc([N+](=O)[O-])c3)[nH][nH]c2=O)c1. The molecule has 0 fully saturated rings. The molecule has 8 nitrogen and oxygen atoms in total. The van der Waals surface area contributed by atoms with Gasteiger partial charge in [-0.3, -0.25) is 25.1 Å². The van der Waals surface area contributed by atoms with Gasteiger partial charge < -0.3 is 0 Å². The molecule has 1 aromatic heterocycles. The summed E-state index contributed by atoms with van der Waals surface area (Å²) in [4.78, 5) is 22.3. The van der Waals surface area contributed by atoms with Crippen molar-refractivity contribution in [3.63, 3.8) is 0 Å². The fourth-order valence-electron chi connectivity index (χ4n) is 2.23. The van der Waals surface area contributed by atoms with Gasteiger partial charge in [-0.25, -0.2) is 0 Å². The summed E-state index contributed by atoms with van der Waals surface area (Å²) < 4.78 is 0. The number of hydrogen-bond donors (Lipinski definition) is 2. The molecule has 0 radical (unpaired) electrons. The molecule has 8 heteroatoms. The highest BCUT2D eigenvalue weighted by atomic mass is 16.6. The van der Waals surface area contributed by atoms with Crippen molar-refractivity contribution in [1.82, 2.24) is 10.2 Å². The Morgan fingerprint density at radius 3 is 2.58 bits per heavy atom. The summed E-state index contributed by atoms with van der Waals surface area (Å²) in [6, 6.07) is 13.3. The molecule has 0 spiro atoms. The van der Waals surface area contributed by atoms with E-state index in [0.29, 0.717) is 16.9 Å². The van der Waals surface area contributed by atoms with Crippen LogP contribution in [0.1, 0.15) is 5.56 Å². The van der Waals surface area contributed by atoms with E-state index in [4.69, 9.17) is 0 Å². The number of nitro groups is 1. The molecule has 3 rings (SSSR count). The van der Waals surface area contributed by atoms with Crippen LogP contribution in [0, 0.1) is 17.0 Å². The molecule has 0 saturated heterocycles. The first-order valence-corrected chi connectivity index (χ1v) is 7.08. The number of nitro benzene ring substituents is 1. The number of aryl methyl sites for hydroxylation is 1. The van der Waals surface area contributed by atoms with Crippen molar-refractivity contribution in [2.75, 3.05) is 0 Å². The lowest BCUT2D eigenvalue weighted by atomic mass is 10.1. The average Bonchev–Trinajstić information content (AvgIpc) is 2.94. The maximum absolute atomic E-state index is 11.9. The normalized spacial score (nSPS) is 11.0. The molecule has 1 heterocycles. The number of rotatable bonds is 4. The molecule has 0 atom stereocenters. The van der Waals surface area contributed by atoms with Crippen LogP contribution in [0.25, 0.3) is 11.3 Å². The van der Waals surface area contributed by atoms with Crippen LogP contribution in [0.5, 0.6) is 0 Å². The Bertz CT molecular complexity index is 987. The van der Waals surface area contributed by atoms with Crippen LogP contribution in [0.3, 0.4) is 0 Å². The summed E-state index contributed by atoms with van der Waals surface area (Å²) in [5.41, 5.74) is 2.00. The van der Waals surface area contributed by atoms with E-state index in [1.807, 2.05) is 25.1 Å². The number of azo groups is 1. The highest BCUT2D eigenvalue weighted by Crippen LogP contribution is 2.28. The summed E-state index contributed by atoms with van der Waals surface area (Å²) >= 11 is 0. The van der Waals surface area contributed by atoms with E-state index in [1.165, 1.54) is 12.1 Å². The second-order valence-corrected chi connectivity index (χ2v) is 5.15. The summed E-state index contributed by atoms with van der Waals surface area (Å²) in [5.74, 6) is 0. The minimum absolute atomic E-state index is 0.0667. The zero-order valence-electron chi connectivity index (χ0n) is 12.7. The second kappa shape index (κ2) is 6.29. The van der Waals surface area contributed by atoms with Gasteiger partial charge in [-0.1, -0.05) is 24.3 Å². The smallest absolute Gasteiger partial charge is 0.292 e. The molecular formula is C16H13N5O3. The van der Waals surface area contributed by atoms with Crippen LogP contribution in [0.15, 0.2) is 63.6 Å². The van der Waals surface area contributed by atoms with E-state index in [0.717, 1.165) is 5.56 Å². The lowest BCUT2D eigenvalue weighted by Crippen LogP contribution is -1.96. The molecule has 2 N–H and O–H groups in total. The van der Waals surface area contributed by atoms with Crippen LogP contribution >= 0.6 is 0 Å². The van der Waals surface area contributed by atoms with Gasteiger partial charge in [0, 0.05) is 17.7 Å². The number of hydrogen-bond acceptors (Lipinski definition) is 5. The van der Waals surface area contributed by atoms with Crippen molar-refractivity contribution in [3.05, 3.63) is 74.6 Å². The van der Waals surface area contributed by atoms with Gasteiger partial charge in [0.2, 0.25) is 0 Å². The number of benzene rings is 2. The van der Waals surface area contributed by atoms with Gasteiger partial charge in [0.05, 0.1) is 16.3 Å². The summed E-state index contributed by atoms with van der Waals surface area (Å²) in [6.45, 7) is 1.93. The van der Waals surface area contributed by atoms with Crippen molar-refractivity contribution in [1.29, 1.82) is 0 Å². The lowest BCUT2D eigenvalue weighted by Gasteiger charge is -1.99. The van der Waals surface area contributed by atoms with E-state index in [2.05, 4.69) is 20.4 Å². The Kier molecular flexibility index (Phi) is 4.02. The first kappa shape index (κ1) is 15.3. The Hall–Kier alpha value is -3.55. The van der Waals surface area contributed by atoms with Gasteiger partial charge in [-0.2, -0.15) is 5.11 Å². The topological polar surface area (TPSA) is 117 Å². The van der Waals surface area contributed by atoms with Crippen molar-refractivity contribution < 1.29 is 4.92 Å². The minimum Gasteiger partial charge on any atom is -0.295 e. The number of non-ortho nitro benzene ring substituents is 1. The summed E-state index contributed by atoms with van der Waals surface area (Å²) in [6.07, 6.45) is 0. The van der Waals surface area contributed by atoms with Crippen LogP contribution in [-0.2, 0) is 0 Å². The maximum Gasteiger partial charge on any atom is 0.292 e. The third kappa shape index (κ3) is 3.12. The minimum atomic E-state index is -0.498. The van der Waals surface area contributed by atoms with Gasteiger partial charge in [0.25, 0.3) is 11.2 Å². The molecule has 0 aliphatic heterocycles. The molecule has 0 bridgehead atoms. The zero-order chi connectivity index (χ0) is 17.1. The fraction of sp³-hybridized carbons (Fsp3) is 0.0625. The molecule has 0 saturated carbocycles. The Balaban J connectivity index is 2.02. The molecule has 0 amide bonds. The van der Waals surface area contributed by atoms with Crippen molar-refractivity contribution in [3.8, 4) is 11.3 Å². The van der Waals surface area contributed by atoms with Crippen molar-refractivity contribution in [2.45, 2.75) is 6.92 Å². The van der Waals surface area contributed by atoms with Gasteiger partial charge in [0.15, 0.2) is 5.69 Å². The highest BCUT2D eigenvalue weighted by Gasteiger charge is 2.14. The van der Waals surface area contributed by atoms with Crippen molar-refractivity contribution in [2.24, 2.45) is 10.2 Å². The van der Waals surface area contributed by atoms with E-state index in [-0.39, 0.29) is 11.4 Å². The number of nitrogens with one attached hydrogen (secondary N) is 2. The van der Waals surface area contributed by atoms with Gasteiger partial charge in [-0.15, -0.1) is 5.11 Å². The van der Waals surface area contributed by atoms with Gasteiger partial charge in [0.1, 0.15) is 0 Å². The Morgan fingerprint density at radius 2 is 1.83 bits per heavy atom. The Morgan fingerprint density at radius 1 is 1.04 bits per heavy atom. The first-order valence-electron chi connectivity index (χ1n) is 7.08. The maximum atomic E-state index is 11.9. The van der Waals surface area contributed by atoms with E-state index >= 15 is 0 Å². The molecule has 120 valence electrons. The molecular weight excluding hydrogens is 310 g/mol. The predicted molar refractivity (Wildman–Crippen MR) is 88.9 cm³/mol. The van der Waals surface area contributed by atoms with Gasteiger partial charge in [-0.05, 0) is 24.6 Å². The molecule has 0 aliphatic carbocycles. The number of aromatic nitrogens is 2. The van der Waals surface area contributed by atoms with Gasteiger partial charge >= 0.3 is 0 Å². The monoisotopic (exact) mass is 323 g/mol. The third-order valence-electron chi connectivity index (χ3n) is 3.37. The van der Waals surface area contributed by atoms with Crippen LogP contribution in [0.4, 0.5) is 17.1 Å². The number of nitrogens with zero attached hydrogens (tertiary/aromatic N) is 3. The van der Waals surface area contributed by atoms with Crippen LogP contribution in [0.2, 0.25) is 0 Å². The quantitative estimate of drug-likeness (QED) is 0.429. The van der Waals surface area contributed by atoms with Crippen LogP contribution in [-0.4, -0.2) is 15.1 Å². The van der Waals surface area contributed by atoms with Crippen molar-refractivity contribution >= 4 is 17.1 Å². The van der Waals surface area contributed by atoms with E-state index < -0.39 is 10.5 Å². The standard InChI is InChI=1S/C16H13N5O3/c1-10-4-2-6-12(8-10)17-19-15-14(18-20-16(15)22)11-5-3-7-13(9-11)21(23)24/h2-9H,1H3,(H2,18,20,22). The zero-order valence-corrected chi connectivity index (χ0v) is 12.7. The van der Waals surface area contributed by atoms with Crippen LogP contribution < -0.4 is 5.56 Å². The molecule has 24 heavy (non-hydrogen) atoms. The number of aromatic amines is 2. The summed E-state index contributed by atoms with van der Waals surface area (Å²) in [7, 11) is 0. The predicted octanol–water partition coefficient (Wildman–Crippen LogP) is 4.00. The Labute approximate surface area is 136 Å². The third-order valence-corrected chi connectivity index (χ3v) is 3.37. The molecule has 2 aromatic carbocycles. The first-order chi connectivity index (χ1) is 11.5. The molecule has 0 unspecified atom stereocenters. The fourth-order valence-corrected chi connectivity index (χ4v) is 2.23. The van der Waals surface area contributed by atoms with E-state index in [1.54, 1.807) is 18.2 Å². The highest BCUT2D eigenvalue weighted by molar-refractivity contribution is 5.72.